The SMILES string of the molecule is CC(=NNC(=O)c1ccccc1Cl)c1ccc(N=Cc2ccc(N(C)C)cc2)cc1. The minimum Gasteiger partial charge on any atom is -0.378 e. The smallest absolute Gasteiger partial charge is 0.272 e. The van der Waals surface area contributed by atoms with Crippen LogP contribution in [-0.4, -0.2) is 31.9 Å². The maximum Gasteiger partial charge on any atom is 0.272 e. The monoisotopic (exact) mass is 418 g/mol. The van der Waals surface area contributed by atoms with Gasteiger partial charge in [-0.3, -0.25) is 9.79 Å². The van der Waals surface area contributed by atoms with Gasteiger partial charge in [-0.2, -0.15) is 5.10 Å². The van der Waals surface area contributed by atoms with Crippen molar-refractivity contribution >= 4 is 40.8 Å². The number of aliphatic imine (C=N–C) groups is 1. The van der Waals surface area contributed by atoms with E-state index < -0.39 is 0 Å². The van der Waals surface area contributed by atoms with Gasteiger partial charge in [0.25, 0.3) is 5.91 Å². The highest BCUT2D eigenvalue weighted by atomic mass is 35.5. The number of nitrogens with one attached hydrogen (secondary N) is 1. The van der Waals surface area contributed by atoms with Gasteiger partial charge in [0.15, 0.2) is 0 Å². The molecule has 0 atom stereocenters. The van der Waals surface area contributed by atoms with Crippen molar-refractivity contribution in [1.29, 1.82) is 0 Å². The molecule has 3 aromatic carbocycles. The molecule has 6 heteroatoms. The third-order valence-electron chi connectivity index (χ3n) is 4.50. The van der Waals surface area contributed by atoms with E-state index in [1.165, 1.54) is 0 Å². The molecule has 5 nitrogen and oxygen atoms in total. The number of benzene rings is 3. The molecule has 0 unspecified atom stereocenters. The highest BCUT2D eigenvalue weighted by Crippen LogP contribution is 2.16. The average molecular weight is 419 g/mol. The molecule has 30 heavy (non-hydrogen) atoms. The number of anilines is 1. The van der Waals surface area contributed by atoms with E-state index in [9.17, 15) is 4.79 Å². The number of carbonyl (C=O) groups excluding carboxylic acids is 1. The molecule has 0 aromatic heterocycles. The van der Waals surface area contributed by atoms with E-state index in [2.05, 4.69) is 32.6 Å². The van der Waals surface area contributed by atoms with Crippen molar-refractivity contribution in [3.63, 3.8) is 0 Å². The number of hydrazone groups is 1. The van der Waals surface area contributed by atoms with E-state index >= 15 is 0 Å². The van der Waals surface area contributed by atoms with Crippen LogP contribution in [0, 0.1) is 0 Å². The van der Waals surface area contributed by atoms with Crippen LogP contribution in [-0.2, 0) is 0 Å². The van der Waals surface area contributed by atoms with Gasteiger partial charge in [-0.1, -0.05) is 48.0 Å². The Morgan fingerprint density at radius 3 is 2.27 bits per heavy atom. The largest absolute Gasteiger partial charge is 0.378 e. The van der Waals surface area contributed by atoms with Gasteiger partial charge in [0.05, 0.1) is 22.0 Å². The summed E-state index contributed by atoms with van der Waals surface area (Å²) in [4.78, 5) is 18.8. The second-order valence-electron chi connectivity index (χ2n) is 6.91. The van der Waals surface area contributed by atoms with Crippen molar-refractivity contribution in [2.45, 2.75) is 6.92 Å². The van der Waals surface area contributed by atoms with E-state index in [1.54, 1.807) is 24.3 Å². The molecule has 1 amide bonds. The quantitative estimate of drug-likeness (QED) is 0.435. The van der Waals surface area contributed by atoms with Crippen LogP contribution in [0.1, 0.15) is 28.4 Å². The molecule has 0 aliphatic carbocycles. The Morgan fingerprint density at radius 1 is 0.967 bits per heavy atom. The first-order chi connectivity index (χ1) is 14.4. The number of nitrogens with zero attached hydrogens (tertiary/aromatic N) is 3. The third kappa shape index (κ3) is 5.55. The topological polar surface area (TPSA) is 57.1 Å². The normalized spacial score (nSPS) is 11.5. The second-order valence-corrected chi connectivity index (χ2v) is 7.32. The zero-order valence-electron chi connectivity index (χ0n) is 17.1. The molecule has 3 rings (SSSR count). The molecule has 0 saturated heterocycles. The Labute approximate surface area is 181 Å². The highest BCUT2D eigenvalue weighted by Gasteiger charge is 2.08. The van der Waals surface area contributed by atoms with E-state index in [0.29, 0.717) is 16.3 Å². The van der Waals surface area contributed by atoms with Crippen molar-refractivity contribution < 1.29 is 4.79 Å². The van der Waals surface area contributed by atoms with Crippen LogP contribution in [0.5, 0.6) is 0 Å². The molecule has 0 aliphatic heterocycles. The summed E-state index contributed by atoms with van der Waals surface area (Å²) in [6.45, 7) is 1.83. The van der Waals surface area contributed by atoms with Crippen molar-refractivity contribution in [3.8, 4) is 0 Å². The number of carbonyl (C=O) groups is 1. The predicted octanol–water partition coefficient (Wildman–Crippen LogP) is 5.31. The van der Waals surface area contributed by atoms with Gasteiger partial charge in [0.1, 0.15) is 0 Å². The first kappa shape index (κ1) is 21.3. The number of halogens is 1. The van der Waals surface area contributed by atoms with Crippen LogP contribution >= 0.6 is 11.6 Å². The fourth-order valence-electron chi connectivity index (χ4n) is 2.70. The standard InChI is InChI=1S/C24H23ClN4O/c1-17(27-28-24(30)22-6-4-5-7-23(22)25)19-10-12-20(13-11-19)26-16-18-8-14-21(15-9-18)29(2)3/h4-16H,1-3H3,(H,28,30). The highest BCUT2D eigenvalue weighted by molar-refractivity contribution is 6.33. The molecule has 0 aliphatic rings. The molecule has 0 fully saturated rings. The van der Waals surface area contributed by atoms with Crippen molar-refractivity contribution in [2.24, 2.45) is 10.1 Å². The third-order valence-corrected chi connectivity index (χ3v) is 4.83. The first-order valence-corrected chi connectivity index (χ1v) is 9.83. The van der Waals surface area contributed by atoms with Gasteiger partial charge in [0, 0.05) is 26.0 Å². The summed E-state index contributed by atoms with van der Waals surface area (Å²) in [6.07, 6.45) is 1.83. The molecular weight excluding hydrogens is 396 g/mol. The zero-order chi connectivity index (χ0) is 21.5. The predicted molar refractivity (Wildman–Crippen MR) is 126 cm³/mol. The lowest BCUT2D eigenvalue weighted by Gasteiger charge is -2.11. The summed E-state index contributed by atoms with van der Waals surface area (Å²) in [5.74, 6) is -0.346. The van der Waals surface area contributed by atoms with Gasteiger partial charge in [-0.05, 0) is 54.4 Å². The van der Waals surface area contributed by atoms with E-state index in [1.807, 2.05) is 63.6 Å². The maximum atomic E-state index is 12.2. The molecule has 1 N–H and O–H groups in total. The summed E-state index contributed by atoms with van der Waals surface area (Å²) in [6, 6.07) is 22.7. The lowest BCUT2D eigenvalue weighted by atomic mass is 10.1. The second kappa shape index (κ2) is 9.85. The molecule has 0 bridgehead atoms. The van der Waals surface area contributed by atoms with Gasteiger partial charge in [0.2, 0.25) is 0 Å². The summed E-state index contributed by atoms with van der Waals surface area (Å²) < 4.78 is 0. The van der Waals surface area contributed by atoms with Crippen LogP contribution in [0.25, 0.3) is 0 Å². The van der Waals surface area contributed by atoms with Crippen LogP contribution in [0.4, 0.5) is 11.4 Å². The Hall–Kier alpha value is -3.44. The minimum atomic E-state index is -0.346. The van der Waals surface area contributed by atoms with Crippen LogP contribution < -0.4 is 10.3 Å². The van der Waals surface area contributed by atoms with Gasteiger partial charge in [-0.25, -0.2) is 5.43 Å². The Kier molecular flexibility index (Phi) is 6.99. The first-order valence-electron chi connectivity index (χ1n) is 9.45. The molecule has 0 heterocycles. The number of hydrogen-bond acceptors (Lipinski definition) is 4. The van der Waals surface area contributed by atoms with Gasteiger partial charge < -0.3 is 4.90 Å². The van der Waals surface area contributed by atoms with Crippen LogP contribution in [0.2, 0.25) is 5.02 Å². The fourth-order valence-corrected chi connectivity index (χ4v) is 2.92. The van der Waals surface area contributed by atoms with Crippen molar-refractivity contribution in [1.82, 2.24) is 5.43 Å². The van der Waals surface area contributed by atoms with E-state index in [0.717, 1.165) is 22.5 Å². The van der Waals surface area contributed by atoms with Crippen molar-refractivity contribution in [3.05, 3.63) is 94.5 Å². The Balaban J connectivity index is 1.63. The van der Waals surface area contributed by atoms with Crippen LogP contribution in [0.3, 0.4) is 0 Å². The lowest BCUT2D eigenvalue weighted by molar-refractivity contribution is 0.0955. The van der Waals surface area contributed by atoms with E-state index in [4.69, 9.17) is 11.6 Å². The van der Waals surface area contributed by atoms with Gasteiger partial charge >= 0.3 is 0 Å². The average Bonchev–Trinajstić information content (AvgIpc) is 2.76. The fraction of sp³-hybridized carbons (Fsp3) is 0.125. The maximum absolute atomic E-state index is 12.2. The molecule has 3 aromatic rings. The minimum absolute atomic E-state index is 0.346. The number of rotatable bonds is 6. The summed E-state index contributed by atoms with van der Waals surface area (Å²) in [5, 5.41) is 4.56. The number of amides is 1. The summed E-state index contributed by atoms with van der Waals surface area (Å²) >= 11 is 6.04. The molecule has 152 valence electrons. The summed E-state index contributed by atoms with van der Waals surface area (Å²) in [5.41, 5.74) is 7.52. The summed E-state index contributed by atoms with van der Waals surface area (Å²) in [7, 11) is 4.02. The molecule has 0 saturated carbocycles. The van der Waals surface area contributed by atoms with Crippen LogP contribution in [0.15, 0.2) is 82.9 Å². The molecule has 0 radical (unpaired) electrons. The lowest BCUT2D eigenvalue weighted by Crippen LogP contribution is -2.19. The Morgan fingerprint density at radius 2 is 1.63 bits per heavy atom. The molecule has 0 spiro atoms. The zero-order valence-corrected chi connectivity index (χ0v) is 17.9. The number of hydrogen-bond donors (Lipinski definition) is 1. The Bertz CT molecular complexity index is 1070. The van der Waals surface area contributed by atoms with Gasteiger partial charge in [-0.15, -0.1) is 0 Å². The van der Waals surface area contributed by atoms with E-state index in [-0.39, 0.29) is 5.91 Å². The van der Waals surface area contributed by atoms with Crippen molar-refractivity contribution in [2.75, 3.05) is 19.0 Å². The molecular formula is C24H23ClN4O.